The van der Waals surface area contributed by atoms with E-state index in [0.29, 0.717) is 16.7 Å². The maximum Gasteiger partial charge on any atom is 0.306 e. The van der Waals surface area contributed by atoms with Gasteiger partial charge in [-0.15, -0.1) is 0 Å². The molecule has 3 aromatic heterocycles. The Morgan fingerprint density at radius 2 is 1.68 bits per heavy atom. The molecule has 4 heterocycles. The minimum absolute atomic E-state index is 0.0908. The van der Waals surface area contributed by atoms with Gasteiger partial charge in [0, 0.05) is 30.9 Å². The number of carbonyl (C=O) groups excluding carboxylic acids is 1. The van der Waals surface area contributed by atoms with Crippen LogP contribution in [0.3, 0.4) is 0 Å². The van der Waals surface area contributed by atoms with Gasteiger partial charge in [0.25, 0.3) is 5.56 Å². The summed E-state index contributed by atoms with van der Waals surface area (Å²) in [6.45, 7) is 9.68. The molecule has 9 heteroatoms. The van der Waals surface area contributed by atoms with Gasteiger partial charge in [-0.25, -0.2) is 9.97 Å². The Morgan fingerprint density at radius 1 is 0.909 bits per heavy atom. The fraction of sp³-hybridized carbons (Fsp3) is 0.400. The van der Waals surface area contributed by atoms with Gasteiger partial charge in [0.05, 0.1) is 28.5 Å². The van der Waals surface area contributed by atoms with Crippen LogP contribution in [-0.4, -0.2) is 60.6 Å². The molecule has 5 aromatic rings. The minimum atomic E-state index is -0.576. The van der Waals surface area contributed by atoms with Crippen LogP contribution >= 0.6 is 0 Å². The summed E-state index contributed by atoms with van der Waals surface area (Å²) < 4.78 is 7.71. The first-order valence-corrected chi connectivity index (χ1v) is 15.6. The van der Waals surface area contributed by atoms with Crippen LogP contribution in [0.25, 0.3) is 44.6 Å². The van der Waals surface area contributed by atoms with Gasteiger partial charge in [-0.05, 0) is 101 Å². The lowest BCUT2D eigenvalue weighted by Gasteiger charge is -2.26. The molecular formula is C35H40N6O3. The van der Waals surface area contributed by atoms with E-state index in [2.05, 4.69) is 43.7 Å². The third-order valence-corrected chi connectivity index (χ3v) is 8.06. The molecular weight excluding hydrogens is 552 g/mol. The number of nitrogens with one attached hydrogen (secondary N) is 1. The van der Waals surface area contributed by atoms with E-state index < -0.39 is 5.60 Å². The molecule has 0 unspecified atom stereocenters. The van der Waals surface area contributed by atoms with Crippen LogP contribution < -0.4 is 5.56 Å². The number of aryl methyl sites for hydroxylation is 2. The van der Waals surface area contributed by atoms with E-state index in [9.17, 15) is 9.59 Å². The van der Waals surface area contributed by atoms with E-state index in [0.717, 1.165) is 53.1 Å². The van der Waals surface area contributed by atoms with Gasteiger partial charge >= 0.3 is 5.97 Å². The summed E-state index contributed by atoms with van der Waals surface area (Å²) in [6.07, 6.45) is 8.77. The third-order valence-electron chi connectivity index (χ3n) is 8.06. The highest BCUT2D eigenvalue weighted by molar-refractivity contribution is 5.93. The minimum Gasteiger partial charge on any atom is -0.460 e. The summed E-state index contributed by atoms with van der Waals surface area (Å²) in [7, 11) is 0. The molecule has 1 aliphatic heterocycles. The number of likely N-dealkylation sites (tertiary alicyclic amines) is 1. The number of ether oxygens (including phenoxy) is 1. The van der Waals surface area contributed by atoms with Crippen LogP contribution in [0, 0.1) is 0 Å². The maximum absolute atomic E-state index is 12.9. The molecule has 9 nitrogen and oxygen atoms in total. The lowest BCUT2D eigenvalue weighted by Crippen LogP contribution is -2.31. The first-order chi connectivity index (χ1) is 21.2. The SMILES string of the molecule is CC(C)(C)OC(=O)CCc1nc2cc3c(cc2[nH]c1=O)nc(-c1cccc(-c2ccncc2)c1)n3CCCN1CCCCC1. The predicted octanol–water partition coefficient (Wildman–Crippen LogP) is 6.15. The highest BCUT2D eigenvalue weighted by Crippen LogP contribution is 2.30. The molecule has 1 N–H and O–H groups in total. The van der Waals surface area contributed by atoms with Crippen molar-refractivity contribution in [1.29, 1.82) is 0 Å². The summed E-state index contributed by atoms with van der Waals surface area (Å²) >= 11 is 0. The molecule has 1 fully saturated rings. The average molecular weight is 593 g/mol. The van der Waals surface area contributed by atoms with E-state index in [1.54, 1.807) is 12.4 Å². The Balaban J connectivity index is 1.37. The summed E-state index contributed by atoms with van der Waals surface area (Å²) in [5.74, 6) is 0.539. The number of benzene rings is 2. The van der Waals surface area contributed by atoms with Crippen molar-refractivity contribution in [2.24, 2.45) is 0 Å². The van der Waals surface area contributed by atoms with E-state index >= 15 is 0 Å². The molecule has 1 saturated heterocycles. The fourth-order valence-electron chi connectivity index (χ4n) is 5.99. The molecule has 2 aromatic carbocycles. The molecule has 0 atom stereocenters. The number of aromatic nitrogens is 5. The highest BCUT2D eigenvalue weighted by Gasteiger charge is 2.19. The number of esters is 1. The van der Waals surface area contributed by atoms with Gasteiger partial charge in [0.15, 0.2) is 0 Å². The molecule has 0 radical (unpaired) electrons. The molecule has 0 saturated carbocycles. The number of piperidine rings is 1. The Bertz CT molecular complexity index is 1830. The number of hydrogen-bond acceptors (Lipinski definition) is 7. The second-order valence-corrected chi connectivity index (χ2v) is 12.6. The number of hydrogen-bond donors (Lipinski definition) is 1. The number of aromatic amines is 1. The second-order valence-electron chi connectivity index (χ2n) is 12.6. The van der Waals surface area contributed by atoms with Gasteiger partial charge in [-0.1, -0.05) is 24.6 Å². The smallest absolute Gasteiger partial charge is 0.306 e. The highest BCUT2D eigenvalue weighted by atomic mass is 16.6. The predicted molar refractivity (Wildman–Crippen MR) is 173 cm³/mol. The first kappa shape index (κ1) is 29.7. The molecule has 6 rings (SSSR count). The zero-order valence-corrected chi connectivity index (χ0v) is 25.8. The van der Waals surface area contributed by atoms with E-state index in [4.69, 9.17) is 14.7 Å². The van der Waals surface area contributed by atoms with Crippen LogP contribution in [-0.2, 0) is 22.5 Å². The van der Waals surface area contributed by atoms with Gasteiger partial charge in [0.2, 0.25) is 0 Å². The molecule has 0 spiro atoms. The van der Waals surface area contributed by atoms with Crippen LogP contribution in [0.4, 0.5) is 0 Å². The monoisotopic (exact) mass is 592 g/mol. The van der Waals surface area contributed by atoms with Gasteiger partial charge in [-0.2, -0.15) is 0 Å². The summed E-state index contributed by atoms with van der Waals surface area (Å²) in [5.41, 5.74) is 5.74. The Morgan fingerprint density at radius 3 is 2.45 bits per heavy atom. The molecule has 44 heavy (non-hydrogen) atoms. The van der Waals surface area contributed by atoms with Gasteiger partial charge in [0.1, 0.15) is 17.1 Å². The lowest BCUT2D eigenvalue weighted by molar-refractivity contribution is -0.154. The van der Waals surface area contributed by atoms with Crippen molar-refractivity contribution in [2.45, 2.75) is 71.4 Å². The lowest BCUT2D eigenvalue weighted by atomic mass is 10.0. The number of nitrogens with zero attached hydrogens (tertiary/aromatic N) is 5. The topological polar surface area (TPSA) is 106 Å². The Kier molecular flexibility index (Phi) is 8.57. The number of fused-ring (bicyclic) bond motifs is 2. The first-order valence-electron chi connectivity index (χ1n) is 15.6. The standard InChI is InChI=1S/C35H40N6O3/c1-35(2,3)44-32(42)12-11-27-34(43)39-28-22-30-31(23-29(28)37-27)41(20-8-19-40-17-5-4-6-18-40)33(38-30)26-10-7-9-25(21-26)24-13-15-36-16-14-24/h7,9-10,13-16,21-23H,4-6,8,11-12,17-20H2,1-3H3,(H,39,43). The number of H-pyrrole nitrogens is 1. The molecule has 228 valence electrons. The van der Waals surface area contributed by atoms with Crippen molar-refractivity contribution >= 4 is 28.0 Å². The van der Waals surface area contributed by atoms with Crippen LogP contribution in [0.5, 0.6) is 0 Å². The molecule has 0 amide bonds. The van der Waals surface area contributed by atoms with Crippen molar-refractivity contribution in [3.05, 3.63) is 77.0 Å². The van der Waals surface area contributed by atoms with E-state index in [-0.39, 0.29) is 24.4 Å². The average Bonchev–Trinajstić information content (AvgIpc) is 3.36. The van der Waals surface area contributed by atoms with Gasteiger partial charge in [-0.3, -0.25) is 14.6 Å². The summed E-state index contributed by atoms with van der Waals surface area (Å²) in [6, 6.07) is 16.4. The van der Waals surface area contributed by atoms with Crippen molar-refractivity contribution < 1.29 is 9.53 Å². The Hall–Kier alpha value is -4.37. The molecule has 1 aliphatic rings. The van der Waals surface area contributed by atoms with Crippen LogP contribution in [0.15, 0.2) is 65.7 Å². The largest absolute Gasteiger partial charge is 0.460 e. The zero-order chi connectivity index (χ0) is 30.7. The fourth-order valence-corrected chi connectivity index (χ4v) is 5.99. The normalized spacial score (nSPS) is 14.3. The van der Waals surface area contributed by atoms with Crippen molar-refractivity contribution in [1.82, 2.24) is 29.4 Å². The maximum atomic E-state index is 12.9. The summed E-state index contributed by atoms with van der Waals surface area (Å²) in [5, 5.41) is 0. The number of pyridine rings is 1. The summed E-state index contributed by atoms with van der Waals surface area (Å²) in [4.78, 5) is 44.8. The number of rotatable bonds is 9. The van der Waals surface area contributed by atoms with Crippen molar-refractivity contribution in [3.63, 3.8) is 0 Å². The molecule has 0 bridgehead atoms. The Labute approximate surface area is 257 Å². The third kappa shape index (κ3) is 6.89. The van der Waals surface area contributed by atoms with Crippen LogP contribution in [0.2, 0.25) is 0 Å². The number of carbonyl (C=O) groups is 1. The zero-order valence-electron chi connectivity index (χ0n) is 25.8. The van der Waals surface area contributed by atoms with Gasteiger partial charge < -0.3 is 19.2 Å². The quantitative estimate of drug-likeness (QED) is 0.205. The molecule has 0 aliphatic carbocycles. The van der Waals surface area contributed by atoms with E-state index in [1.165, 1.54) is 32.4 Å². The number of imidazole rings is 1. The van der Waals surface area contributed by atoms with Crippen LogP contribution in [0.1, 0.15) is 58.6 Å². The van der Waals surface area contributed by atoms with E-state index in [1.807, 2.05) is 45.0 Å². The van der Waals surface area contributed by atoms with Crippen molar-refractivity contribution in [2.75, 3.05) is 19.6 Å². The second kappa shape index (κ2) is 12.7. The van der Waals surface area contributed by atoms with Crippen molar-refractivity contribution in [3.8, 4) is 22.5 Å².